The molecule has 0 aliphatic rings. The Hall–Kier alpha value is -3.39. The molecule has 30 heavy (non-hydrogen) atoms. The molecule has 2 rings (SSSR count). The number of hydrogen-bond acceptors (Lipinski definition) is 7. The third-order valence-electron chi connectivity index (χ3n) is 4.11. The second-order valence-electron chi connectivity index (χ2n) is 6.33. The van der Waals surface area contributed by atoms with Gasteiger partial charge in [-0.05, 0) is 23.3 Å². The van der Waals surface area contributed by atoms with Gasteiger partial charge >= 0.3 is 11.9 Å². The van der Waals surface area contributed by atoms with Gasteiger partial charge in [-0.3, -0.25) is 4.79 Å². The maximum Gasteiger partial charge on any atom is 0.343 e. The summed E-state index contributed by atoms with van der Waals surface area (Å²) >= 11 is 0. The summed E-state index contributed by atoms with van der Waals surface area (Å²) in [5.74, 6) is -0.976. The molecule has 0 spiro atoms. The lowest BCUT2D eigenvalue weighted by Crippen LogP contribution is -2.44. The van der Waals surface area contributed by atoms with Crippen molar-refractivity contribution in [3.63, 3.8) is 0 Å². The average Bonchev–Trinajstić information content (AvgIpc) is 2.78. The summed E-state index contributed by atoms with van der Waals surface area (Å²) in [6.45, 7) is -0.0768. The Morgan fingerprint density at radius 2 is 1.57 bits per heavy atom. The van der Waals surface area contributed by atoms with Gasteiger partial charge in [-0.2, -0.15) is 0 Å². The fourth-order valence-electron chi connectivity index (χ4n) is 2.57. The molecule has 0 bridgehead atoms. The van der Waals surface area contributed by atoms with E-state index in [0.29, 0.717) is 12.4 Å². The number of amides is 1. The Bertz CT molecular complexity index is 821. The molecular weight excluding hydrogens is 390 g/mol. The van der Waals surface area contributed by atoms with Gasteiger partial charge in [-0.25, -0.2) is 9.59 Å². The molecule has 0 aliphatic carbocycles. The summed E-state index contributed by atoms with van der Waals surface area (Å²) in [5.41, 5.74) is 1.73. The first-order valence-electron chi connectivity index (χ1n) is 9.29. The second-order valence-corrected chi connectivity index (χ2v) is 6.33. The summed E-state index contributed by atoms with van der Waals surface area (Å²) in [4.78, 5) is 35.4. The van der Waals surface area contributed by atoms with Gasteiger partial charge in [-0.1, -0.05) is 42.5 Å². The number of esters is 2. The predicted molar refractivity (Wildman–Crippen MR) is 108 cm³/mol. The van der Waals surface area contributed by atoms with E-state index in [1.807, 2.05) is 30.3 Å². The Kier molecular flexibility index (Phi) is 9.33. The molecule has 8 nitrogen and oxygen atoms in total. The van der Waals surface area contributed by atoms with Gasteiger partial charge < -0.3 is 24.3 Å². The first kappa shape index (κ1) is 22.9. The summed E-state index contributed by atoms with van der Waals surface area (Å²) in [7, 11) is 2.54. The number of hydrogen-bond donors (Lipinski definition) is 1. The van der Waals surface area contributed by atoms with E-state index < -0.39 is 23.9 Å². The first-order valence-corrected chi connectivity index (χ1v) is 9.29. The van der Waals surface area contributed by atoms with Crippen molar-refractivity contribution < 1.29 is 33.3 Å². The van der Waals surface area contributed by atoms with Crippen LogP contribution in [-0.4, -0.2) is 51.3 Å². The average molecular weight is 415 g/mol. The number of nitrogens with one attached hydrogen (secondary N) is 1. The van der Waals surface area contributed by atoms with Crippen LogP contribution < -0.4 is 10.1 Å². The minimum Gasteiger partial charge on any atom is -0.482 e. The van der Waals surface area contributed by atoms with Crippen molar-refractivity contribution in [2.75, 3.05) is 27.4 Å². The van der Waals surface area contributed by atoms with E-state index >= 15 is 0 Å². The molecule has 0 aliphatic heterocycles. The number of rotatable bonds is 11. The van der Waals surface area contributed by atoms with Crippen molar-refractivity contribution in [1.29, 1.82) is 0 Å². The molecule has 0 radical (unpaired) electrons. The smallest absolute Gasteiger partial charge is 0.343 e. The Morgan fingerprint density at radius 3 is 2.20 bits per heavy atom. The molecule has 8 heteroatoms. The number of carbonyl (C=O) groups is 3. The predicted octanol–water partition coefficient (Wildman–Crippen LogP) is 1.66. The number of methoxy groups -OCH3 is 2. The van der Waals surface area contributed by atoms with E-state index in [4.69, 9.17) is 14.2 Å². The molecule has 1 amide bonds. The van der Waals surface area contributed by atoms with Crippen molar-refractivity contribution in [2.24, 2.45) is 0 Å². The van der Waals surface area contributed by atoms with Crippen molar-refractivity contribution in [3.05, 3.63) is 65.7 Å². The van der Waals surface area contributed by atoms with Crippen LogP contribution in [0.5, 0.6) is 5.75 Å². The highest BCUT2D eigenvalue weighted by atomic mass is 16.6. The van der Waals surface area contributed by atoms with E-state index in [2.05, 4.69) is 10.1 Å². The van der Waals surface area contributed by atoms with Gasteiger partial charge in [-0.15, -0.1) is 0 Å². The lowest BCUT2D eigenvalue weighted by molar-refractivity contribution is -0.145. The second kappa shape index (κ2) is 12.2. The van der Waals surface area contributed by atoms with Crippen molar-refractivity contribution in [1.82, 2.24) is 5.32 Å². The van der Waals surface area contributed by atoms with Crippen LogP contribution in [0.15, 0.2) is 54.6 Å². The van der Waals surface area contributed by atoms with Crippen LogP contribution in [-0.2, 0) is 41.6 Å². The van der Waals surface area contributed by atoms with Gasteiger partial charge in [0.2, 0.25) is 5.91 Å². The molecule has 1 atom stereocenters. The van der Waals surface area contributed by atoms with Crippen molar-refractivity contribution in [3.8, 4) is 5.75 Å². The highest BCUT2D eigenvalue weighted by Gasteiger charge is 2.22. The Labute approximate surface area is 175 Å². The maximum atomic E-state index is 12.2. The molecular formula is C22H25NO7. The Balaban J connectivity index is 1.86. The van der Waals surface area contributed by atoms with E-state index in [1.165, 1.54) is 14.2 Å². The van der Waals surface area contributed by atoms with Crippen LogP contribution in [0.2, 0.25) is 0 Å². The Morgan fingerprint density at radius 1 is 0.867 bits per heavy atom. The molecule has 2 aromatic rings. The van der Waals surface area contributed by atoms with Gasteiger partial charge in [0.25, 0.3) is 0 Å². The fourth-order valence-corrected chi connectivity index (χ4v) is 2.57. The molecule has 0 saturated carbocycles. The third-order valence-corrected chi connectivity index (χ3v) is 4.11. The molecule has 2 aromatic carbocycles. The summed E-state index contributed by atoms with van der Waals surface area (Å²) in [5, 5.41) is 2.63. The third kappa shape index (κ3) is 7.92. The minimum absolute atomic E-state index is 0.178. The van der Waals surface area contributed by atoms with Crippen LogP contribution in [0.1, 0.15) is 11.1 Å². The molecule has 160 valence electrons. The lowest BCUT2D eigenvalue weighted by Gasteiger charge is -2.17. The highest BCUT2D eigenvalue weighted by molar-refractivity contribution is 5.85. The molecule has 0 fully saturated rings. The highest BCUT2D eigenvalue weighted by Crippen LogP contribution is 2.14. The van der Waals surface area contributed by atoms with Crippen LogP contribution in [0.25, 0.3) is 0 Å². The molecule has 0 aromatic heterocycles. The zero-order valence-corrected chi connectivity index (χ0v) is 17.0. The lowest BCUT2D eigenvalue weighted by atomic mass is 10.1. The van der Waals surface area contributed by atoms with E-state index in [9.17, 15) is 14.4 Å². The van der Waals surface area contributed by atoms with Crippen LogP contribution in [0.3, 0.4) is 0 Å². The number of benzene rings is 2. The quantitative estimate of drug-likeness (QED) is 0.557. The largest absolute Gasteiger partial charge is 0.482 e. The molecule has 0 saturated heterocycles. The van der Waals surface area contributed by atoms with Crippen LogP contribution >= 0.6 is 0 Å². The summed E-state index contributed by atoms with van der Waals surface area (Å²) in [6.07, 6.45) is 0.231. The van der Waals surface area contributed by atoms with E-state index in [-0.39, 0.29) is 19.6 Å². The van der Waals surface area contributed by atoms with Crippen LogP contribution in [0.4, 0.5) is 0 Å². The number of ether oxygens (including phenoxy) is 4. The molecule has 0 unspecified atom stereocenters. The molecule has 1 N–H and O–H groups in total. The maximum absolute atomic E-state index is 12.2. The topological polar surface area (TPSA) is 100 Å². The van der Waals surface area contributed by atoms with Crippen molar-refractivity contribution in [2.45, 2.75) is 19.1 Å². The fraction of sp³-hybridized carbons (Fsp3) is 0.318. The monoisotopic (exact) mass is 415 g/mol. The normalized spacial score (nSPS) is 11.3. The number of carbonyl (C=O) groups excluding carboxylic acids is 3. The SMILES string of the molecule is COC(=O)COc1ccc(C[C@@H](NC(=O)COCc2ccccc2)C(=O)OC)cc1. The summed E-state index contributed by atoms with van der Waals surface area (Å²) in [6, 6.07) is 15.4. The van der Waals surface area contributed by atoms with E-state index in [0.717, 1.165) is 11.1 Å². The van der Waals surface area contributed by atoms with E-state index in [1.54, 1.807) is 24.3 Å². The van der Waals surface area contributed by atoms with Gasteiger partial charge in [0, 0.05) is 6.42 Å². The zero-order chi connectivity index (χ0) is 21.8. The summed E-state index contributed by atoms with van der Waals surface area (Å²) < 4.78 is 20.0. The van der Waals surface area contributed by atoms with Gasteiger partial charge in [0.05, 0.1) is 20.8 Å². The van der Waals surface area contributed by atoms with Gasteiger partial charge in [0.1, 0.15) is 18.4 Å². The molecule has 0 heterocycles. The standard InChI is InChI=1S/C22H25NO7/c1-27-21(25)15-30-18-10-8-16(9-11-18)12-19(22(26)28-2)23-20(24)14-29-13-17-6-4-3-5-7-17/h3-11,19H,12-15H2,1-2H3,(H,23,24)/t19-/m1/s1. The zero-order valence-electron chi connectivity index (χ0n) is 17.0. The van der Waals surface area contributed by atoms with Crippen LogP contribution in [0, 0.1) is 0 Å². The first-order chi connectivity index (χ1) is 14.5. The van der Waals surface area contributed by atoms with Gasteiger partial charge in [0.15, 0.2) is 6.61 Å². The van der Waals surface area contributed by atoms with Crippen molar-refractivity contribution >= 4 is 17.8 Å². The minimum atomic E-state index is -0.857.